The molecule has 4 nitrogen and oxygen atoms in total. The second-order valence-electron chi connectivity index (χ2n) is 5.40. The van der Waals surface area contributed by atoms with Gasteiger partial charge in [-0.15, -0.1) is 0 Å². The van der Waals surface area contributed by atoms with E-state index in [2.05, 4.69) is 17.3 Å². The van der Waals surface area contributed by atoms with E-state index >= 15 is 0 Å². The first-order valence-electron chi connectivity index (χ1n) is 6.62. The van der Waals surface area contributed by atoms with Crippen LogP contribution in [0.1, 0.15) is 45.3 Å². The molecule has 0 saturated carbocycles. The Hall–Kier alpha value is -1.55. The summed E-state index contributed by atoms with van der Waals surface area (Å²) in [7, 11) is 0. The number of benzene rings is 1. The van der Waals surface area contributed by atoms with Crippen LogP contribution < -0.4 is 5.73 Å². The van der Waals surface area contributed by atoms with Crippen molar-refractivity contribution in [3.8, 4) is 0 Å². The SMILES string of the molecule is CC(OCCCC(C)(C)C(N)=NO)c1ccccc1. The van der Waals surface area contributed by atoms with Crippen LogP contribution in [0.4, 0.5) is 0 Å². The summed E-state index contributed by atoms with van der Waals surface area (Å²) in [5, 5.41) is 11.8. The molecular formula is C15H24N2O2. The Balaban J connectivity index is 2.32. The quantitative estimate of drug-likeness (QED) is 0.261. The topological polar surface area (TPSA) is 67.8 Å². The summed E-state index contributed by atoms with van der Waals surface area (Å²) in [5.41, 5.74) is 6.52. The van der Waals surface area contributed by atoms with Crippen molar-refractivity contribution >= 4 is 5.84 Å². The molecule has 0 heterocycles. The van der Waals surface area contributed by atoms with E-state index in [0.29, 0.717) is 6.61 Å². The minimum Gasteiger partial charge on any atom is -0.409 e. The Morgan fingerprint density at radius 2 is 2.00 bits per heavy atom. The largest absolute Gasteiger partial charge is 0.409 e. The van der Waals surface area contributed by atoms with Crippen molar-refractivity contribution in [3.05, 3.63) is 35.9 Å². The summed E-state index contributed by atoms with van der Waals surface area (Å²) in [4.78, 5) is 0. The molecule has 0 radical (unpaired) electrons. The smallest absolute Gasteiger partial charge is 0.144 e. The third-order valence-electron chi connectivity index (χ3n) is 3.38. The fourth-order valence-electron chi connectivity index (χ4n) is 1.86. The third-order valence-corrected chi connectivity index (χ3v) is 3.38. The van der Waals surface area contributed by atoms with Gasteiger partial charge in [-0.2, -0.15) is 0 Å². The van der Waals surface area contributed by atoms with Crippen molar-refractivity contribution in [1.29, 1.82) is 0 Å². The maximum atomic E-state index is 8.70. The molecule has 1 aromatic rings. The number of hydrogen-bond donors (Lipinski definition) is 2. The van der Waals surface area contributed by atoms with Crippen LogP contribution in [0.2, 0.25) is 0 Å². The van der Waals surface area contributed by atoms with Crippen molar-refractivity contribution in [3.63, 3.8) is 0 Å². The predicted molar refractivity (Wildman–Crippen MR) is 77.2 cm³/mol. The van der Waals surface area contributed by atoms with Gasteiger partial charge in [0.25, 0.3) is 0 Å². The highest BCUT2D eigenvalue weighted by Crippen LogP contribution is 2.23. The summed E-state index contributed by atoms with van der Waals surface area (Å²) in [6.45, 7) is 6.63. The van der Waals surface area contributed by atoms with E-state index in [-0.39, 0.29) is 17.4 Å². The molecular weight excluding hydrogens is 240 g/mol. The molecule has 3 N–H and O–H groups in total. The molecule has 1 unspecified atom stereocenters. The molecule has 0 aliphatic heterocycles. The van der Waals surface area contributed by atoms with Crippen LogP contribution in [0, 0.1) is 5.41 Å². The lowest BCUT2D eigenvalue weighted by molar-refractivity contribution is 0.0600. The molecule has 0 saturated heterocycles. The summed E-state index contributed by atoms with van der Waals surface area (Å²) in [5.74, 6) is 0.267. The molecule has 0 aromatic heterocycles. The molecule has 1 aromatic carbocycles. The average molecular weight is 264 g/mol. The normalized spacial score (nSPS) is 14.4. The van der Waals surface area contributed by atoms with Crippen molar-refractivity contribution in [1.82, 2.24) is 0 Å². The molecule has 0 bridgehead atoms. The number of ether oxygens (including phenoxy) is 1. The van der Waals surface area contributed by atoms with Crippen LogP contribution in [0.5, 0.6) is 0 Å². The Morgan fingerprint density at radius 1 is 1.37 bits per heavy atom. The zero-order chi connectivity index (χ0) is 14.3. The maximum absolute atomic E-state index is 8.70. The van der Waals surface area contributed by atoms with E-state index in [1.807, 2.05) is 39.0 Å². The first kappa shape index (κ1) is 15.5. The van der Waals surface area contributed by atoms with Crippen LogP contribution in [0.25, 0.3) is 0 Å². The number of rotatable bonds is 7. The van der Waals surface area contributed by atoms with Gasteiger partial charge in [0.05, 0.1) is 6.10 Å². The Morgan fingerprint density at radius 3 is 2.58 bits per heavy atom. The van der Waals surface area contributed by atoms with Crippen molar-refractivity contribution < 1.29 is 9.94 Å². The Labute approximate surface area is 115 Å². The van der Waals surface area contributed by atoms with Crippen molar-refractivity contribution in [2.24, 2.45) is 16.3 Å². The van der Waals surface area contributed by atoms with Gasteiger partial charge in [-0.25, -0.2) is 0 Å². The number of hydrogen-bond acceptors (Lipinski definition) is 3. The van der Waals surface area contributed by atoms with Gasteiger partial charge < -0.3 is 15.7 Å². The highest BCUT2D eigenvalue weighted by Gasteiger charge is 2.22. The first-order valence-corrected chi connectivity index (χ1v) is 6.62. The second-order valence-corrected chi connectivity index (χ2v) is 5.40. The van der Waals surface area contributed by atoms with Crippen LogP contribution >= 0.6 is 0 Å². The van der Waals surface area contributed by atoms with Crippen LogP contribution in [-0.2, 0) is 4.74 Å². The lowest BCUT2D eigenvalue weighted by atomic mass is 9.87. The molecule has 4 heteroatoms. The Kier molecular flexibility index (Phi) is 5.83. The van der Waals surface area contributed by atoms with Gasteiger partial charge in [0.15, 0.2) is 0 Å². The molecule has 0 aliphatic carbocycles. The van der Waals surface area contributed by atoms with Crippen LogP contribution in [0.15, 0.2) is 35.5 Å². The molecule has 0 fully saturated rings. The summed E-state index contributed by atoms with van der Waals surface area (Å²) < 4.78 is 5.79. The molecule has 0 amide bonds. The summed E-state index contributed by atoms with van der Waals surface area (Å²) >= 11 is 0. The number of nitrogens with two attached hydrogens (primary N) is 1. The van der Waals surface area contributed by atoms with E-state index in [4.69, 9.17) is 15.7 Å². The summed E-state index contributed by atoms with van der Waals surface area (Å²) in [6.07, 6.45) is 1.79. The molecule has 1 atom stereocenters. The zero-order valence-electron chi connectivity index (χ0n) is 12.0. The monoisotopic (exact) mass is 264 g/mol. The lowest BCUT2D eigenvalue weighted by Crippen LogP contribution is -2.32. The Bertz CT molecular complexity index is 402. The van der Waals surface area contributed by atoms with Crippen LogP contribution in [-0.4, -0.2) is 17.6 Å². The standard InChI is InChI=1S/C15H24N2O2/c1-12(13-8-5-4-6-9-13)19-11-7-10-15(2,3)14(16)17-18/h4-6,8-9,12,18H,7,10-11H2,1-3H3,(H2,16,17). The predicted octanol–water partition coefficient (Wildman–Crippen LogP) is 3.32. The van der Waals surface area contributed by atoms with Gasteiger partial charge >= 0.3 is 0 Å². The van der Waals surface area contributed by atoms with Gasteiger partial charge in [-0.1, -0.05) is 49.3 Å². The summed E-state index contributed by atoms with van der Waals surface area (Å²) in [6, 6.07) is 10.1. The third kappa shape index (κ3) is 4.91. The minimum atomic E-state index is -0.298. The number of nitrogens with zero attached hydrogens (tertiary/aromatic N) is 1. The number of amidine groups is 1. The lowest BCUT2D eigenvalue weighted by Gasteiger charge is -2.23. The van der Waals surface area contributed by atoms with Crippen LogP contribution in [0.3, 0.4) is 0 Å². The minimum absolute atomic E-state index is 0.0909. The highest BCUT2D eigenvalue weighted by atomic mass is 16.5. The van der Waals surface area contributed by atoms with Crippen molar-refractivity contribution in [2.45, 2.75) is 39.7 Å². The van der Waals surface area contributed by atoms with Gasteiger partial charge in [-0.05, 0) is 25.3 Å². The van der Waals surface area contributed by atoms with Gasteiger partial charge in [-0.3, -0.25) is 0 Å². The molecule has 106 valence electrons. The molecule has 0 spiro atoms. The highest BCUT2D eigenvalue weighted by molar-refractivity contribution is 5.85. The maximum Gasteiger partial charge on any atom is 0.144 e. The van der Waals surface area contributed by atoms with E-state index < -0.39 is 0 Å². The molecule has 0 aliphatic rings. The van der Waals surface area contributed by atoms with E-state index in [9.17, 15) is 0 Å². The van der Waals surface area contributed by atoms with Gasteiger partial charge in [0.1, 0.15) is 5.84 Å². The van der Waals surface area contributed by atoms with E-state index in [0.717, 1.165) is 12.8 Å². The average Bonchev–Trinajstić information content (AvgIpc) is 2.43. The van der Waals surface area contributed by atoms with E-state index in [1.54, 1.807) is 0 Å². The zero-order valence-corrected chi connectivity index (χ0v) is 12.0. The van der Waals surface area contributed by atoms with E-state index in [1.165, 1.54) is 5.56 Å². The first-order chi connectivity index (χ1) is 8.97. The fraction of sp³-hybridized carbons (Fsp3) is 0.533. The van der Waals surface area contributed by atoms with Crippen molar-refractivity contribution in [2.75, 3.05) is 6.61 Å². The molecule has 1 rings (SSSR count). The fourth-order valence-corrected chi connectivity index (χ4v) is 1.86. The molecule has 19 heavy (non-hydrogen) atoms. The van der Waals surface area contributed by atoms with Gasteiger partial charge in [0.2, 0.25) is 0 Å². The number of oxime groups is 1. The van der Waals surface area contributed by atoms with Gasteiger partial charge in [0, 0.05) is 12.0 Å². The second kappa shape index (κ2) is 7.14.